The molecule has 0 unspecified atom stereocenters. The molecule has 44 heavy (non-hydrogen) atoms. The number of anilines is 2. The van der Waals surface area contributed by atoms with Crippen molar-refractivity contribution < 1.29 is 49.1 Å². The van der Waals surface area contributed by atoms with Crippen LogP contribution in [0.5, 0.6) is 5.75 Å². The number of hydrogen-bond acceptors (Lipinski definition) is 9. The minimum absolute atomic E-state index is 0.0435. The normalized spacial score (nSPS) is 12.0. The standard InChI is InChI=1S/C28H24F3N3O8S2/c1-3-33(43(37,38)23-14-10-21(11-15-23)42-28(29,30)31)26-16-32-27(25-7-5-4-6-24(25)26)34(17-41-18-35)44(39,40)22-12-8-20(9-13-22)19(2)36/h4-16,18H,3,17H2,1-2H3. The fourth-order valence-electron chi connectivity index (χ4n) is 4.30. The van der Waals surface area contributed by atoms with E-state index in [2.05, 4.69) is 9.72 Å². The third kappa shape index (κ3) is 6.60. The van der Waals surface area contributed by atoms with Gasteiger partial charge in [0, 0.05) is 22.9 Å². The molecule has 0 bridgehead atoms. The number of hydrogen-bond donors (Lipinski definition) is 0. The molecule has 4 aromatic rings. The quantitative estimate of drug-likeness (QED) is 0.119. The van der Waals surface area contributed by atoms with Crippen LogP contribution < -0.4 is 13.3 Å². The Bertz CT molecular complexity index is 1900. The first kappa shape index (κ1) is 32.2. The van der Waals surface area contributed by atoms with Crippen molar-refractivity contribution in [1.82, 2.24) is 4.98 Å². The van der Waals surface area contributed by atoms with Gasteiger partial charge in [-0.1, -0.05) is 36.4 Å². The van der Waals surface area contributed by atoms with E-state index in [1.807, 2.05) is 0 Å². The van der Waals surface area contributed by atoms with Gasteiger partial charge in [0.2, 0.25) is 0 Å². The lowest BCUT2D eigenvalue weighted by molar-refractivity contribution is -0.274. The van der Waals surface area contributed by atoms with Crippen molar-refractivity contribution in [2.75, 3.05) is 21.9 Å². The molecule has 11 nitrogen and oxygen atoms in total. The van der Waals surface area contributed by atoms with E-state index < -0.39 is 38.9 Å². The zero-order valence-corrected chi connectivity index (χ0v) is 24.7. The first-order valence-corrected chi connectivity index (χ1v) is 15.5. The number of rotatable bonds is 12. The summed E-state index contributed by atoms with van der Waals surface area (Å²) in [4.78, 5) is 26.4. The summed E-state index contributed by atoms with van der Waals surface area (Å²) in [7, 11) is -8.80. The zero-order chi connectivity index (χ0) is 32.3. The summed E-state index contributed by atoms with van der Waals surface area (Å²) in [6.45, 7) is 1.99. The molecule has 0 N–H and O–H groups in total. The van der Waals surface area contributed by atoms with Crippen molar-refractivity contribution in [1.29, 1.82) is 0 Å². The number of carbonyl (C=O) groups is 2. The van der Waals surface area contributed by atoms with Crippen molar-refractivity contribution >= 4 is 54.6 Å². The molecule has 0 aliphatic carbocycles. The minimum Gasteiger partial charge on any atom is -0.445 e. The van der Waals surface area contributed by atoms with Gasteiger partial charge in [-0.2, -0.15) is 0 Å². The molecule has 0 aliphatic heterocycles. The summed E-state index contributed by atoms with van der Waals surface area (Å²) in [5.74, 6) is -1.07. The van der Waals surface area contributed by atoms with Gasteiger partial charge >= 0.3 is 6.36 Å². The number of nitrogens with zero attached hydrogens (tertiary/aromatic N) is 3. The van der Waals surface area contributed by atoms with E-state index in [9.17, 15) is 39.6 Å². The van der Waals surface area contributed by atoms with Gasteiger partial charge in [-0.3, -0.25) is 13.9 Å². The molecule has 0 saturated carbocycles. The Kier molecular flexibility index (Phi) is 9.15. The Balaban J connectivity index is 1.82. The first-order valence-electron chi connectivity index (χ1n) is 12.7. The lowest BCUT2D eigenvalue weighted by Gasteiger charge is -2.27. The highest BCUT2D eigenvalue weighted by molar-refractivity contribution is 7.93. The third-order valence-electron chi connectivity index (χ3n) is 6.30. The lowest BCUT2D eigenvalue weighted by atomic mass is 10.1. The van der Waals surface area contributed by atoms with E-state index in [0.717, 1.165) is 39.1 Å². The average molecular weight is 652 g/mol. The van der Waals surface area contributed by atoms with Crippen LogP contribution in [0, 0.1) is 0 Å². The van der Waals surface area contributed by atoms with Crippen LogP contribution in [0.1, 0.15) is 24.2 Å². The maximum Gasteiger partial charge on any atom is 0.573 e. The summed E-state index contributed by atoms with van der Waals surface area (Å²) < 4.78 is 103. The van der Waals surface area contributed by atoms with Crippen molar-refractivity contribution in [3.05, 3.63) is 84.6 Å². The van der Waals surface area contributed by atoms with E-state index >= 15 is 0 Å². The average Bonchev–Trinajstić information content (AvgIpc) is 2.97. The molecule has 0 radical (unpaired) electrons. The number of alkyl halides is 3. The molecule has 0 amide bonds. The number of pyridine rings is 1. The van der Waals surface area contributed by atoms with Gasteiger partial charge < -0.3 is 9.47 Å². The molecule has 0 saturated heterocycles. The molecule has 232 valence electrons. The van der Waals surface area contributed by atoms with Crippen molar-refractivity contribution in [3.63, 3.8) is 0 Å². The largest absolute Gasteiger partial charge is 0.573 e. The third-order valence-corrected chi connectivity index (χ3v) is 9.93. The molecule has 0 spiro atoms. The Labute approximate surface area is 250 Å². The van der Waals surface area contributed by atoms with Crippen LogP contribution in [0.3, 0.4) is 0 Å². The van der Waals surface area contributed by atoms with Crippen LogP contribution in [0.15, 0.2) is 88.8 Å². The summed E-state index contributed by atoms with van der Waals surface area (Å²) in [6, 6.07) is 14.9. The minimum atomic E-state index is -4.96. The SMILES string of the molecule is CCN(c1cnc(N(COC=O)S(=O)(=O)c2ccc(C(C)=O)cc2)c2ccccc12)S(=O)(=O)c1ccc(OC(F)(F)F)cc1. The van der Waals surface area contributed by atoms with E-state index in [-0.39, 0.29) is 56.4 Å². The molecule has 1 heterocycles. The van der Waals surface area contributed by atoms with E-state index in [1.165, 1.54) is 50.2 Å². The van der Waals surface area contributed by atoms with Gasteiger partial charge in [0.1, 0.15) is 5.75 Å². The van der Waals surface area contributed by atoms with Gasteiger partial charge in [-0.15, -0.1) is 13.2 Å². The highest BCUT2D eigenvalue weighted by Crippen LogP contribution is 2.37. The van der Waals surface area contributed by atoms with E-state index in [1.54, 1.807) is 12.1 Å². The summed E-state index contributed by atoms with van der Waals surface area (Å²) in [6.07, 6.45) is -3.83. The molecule has 4 rings (SSSR count). The predicted octanol–water partition coefficient (Wildman–Crippen LogP) is 4.88. The van der Waals surface area contributed by atoms with Gasteiger partial charge in [0.15, 0.2) is 18.3 Å². The maximum atomic E-state index is 13.7. The second kappa shape index (κ2) is 12.5. The number of carbonyl (C=O) groups excluding carboxylic acids is 2. The van der Waals surface area contributed by atoms with E-state index in [0.29, 0.717) is 0 Å². The lowest BCUT2D eigenvalue weighted by Crippen LogP contribution is -2.35. The van der Waals surface area contributed by atoms with Crippen molar-refractivity contribution in [3.8, 4) is 5.75 Å². The second-order valence-electron chi connectivity index (χ2n) is 9.03. The number of sulfonamides is 2. The number of halogens is 3. The van der Waals surface area contributed by atoms with E-state index in [4.69, 9.17) is 4.74 Å². The summed E-state index contributed by atoms with van der Waals surface area (Å²) in [5, 5.41) is 0.421. The second-order valence-corrected chi connectivity index (χ2v) is 12.8. The maximum absolute atomic E-state index is 13.7. The highest BCUT2D eigenvalue weighted by Gasteiger charge is 2.33. The van der Waals surface area contributed by atoms with Crippen LogP contribution in [0.2, 0.25) is 0 Å². The van der Waals surface area contributed by atoms with Gasteiger partial charge in [-0.05, 0) is 50.2 Å². The van der Waals surface area contributed by atoms with Crippen LogP contribution in [-0.4, -0.2) is 53.7 Å². The summed E-state index contributed by atoms with van der Waals surface area (Å²) in [5.41, 5.74) is 0.317. The number of Topliss-reactive ketones (excluding diaryl/α,β-unsaturated/α-hetero) is 1. The molecule has 0 atom stereocenters. The Morgan fingerprint density at radius 3 is 1.93 bits per heavy atom. The Morgan fingerprint density at radius 2 is 1.41 bits per heavy atom. The van der Waals surface area contributed by atoms with Gasteiger partial charge in [0.05, 0.1) is 21.7 Å². The molecule has 1 aromatic heterocycles. The smallest absolute Gasteiger partial charge is 0.445 e. The number of aromatic nitrogens is 1. The van der Waals surface area contributed by atoms with Crippen LogP contribution in [0.4, 0.5) is 24.7 Å². The monoisotopic (exact) mass is 651 g/mol. The van der Waals surface area contributed by atoms with Crippen LogP contribution in [0.25, 0.3) is 10.8 Å². The highest BCUT2D eigenvalue weighted by atomic mass is 32.2. The molecular weight excluding hydrogens is 627 g/mol. The fraction of sp³-hybridized carbons (Fsp3) is 0.179. The van der Waals surface area contributed by atoms with Crippen LogP contribution >= 0.6 is 0 Å². The Hall–Kier alpha value is -4.70. The summed E-state index contributed by atoms with van der Waals surface area (Å²) >= 11 is 0. The topological polar surface area (TPSA) is 140 Å². The number of fused-ring (bicyclic) bond motifs is 1. The van der Waals surface area contributed by atoms with Crippen LogP contribution in [-0.2, 0) is 29.6 Å². The van der Waals surface area contributed by atoms with Gasteiger partial charge in [0.25, 0.3) is 26.5 Å². The van der Waals surface area contributed by atoms with Crippen molar-refractivity contribution in [2.24, 2.45) is 0 Å². The fourth-order valence-corrected chi connectivity index (χ4v) is 7.09. The molecule has 0 fully saturated rings. The Morgan fingerprint density at radius 1 is 0.864 bits per heavy atom. The molecular formula is C28H24F3N3O8S2. The van der Waals surface area contributed by atoms with Gasteiger partial charge in [-0.25, -0.2) is 26.1 Å². The number of ketones is 1. The molecule has 3 aromatic carbocycles. The number of ether oxygens (including phenoxy) is 2. The molecule has 16 heteroatoms. The predicted molar refractivity (Wildman–Crippen MR) is 153 cm³/mol. The number of benzene rings is 3. The van der Waals surface area contributed by atoms with Crippen molar-refractivity contribution in [2.45, 2.75) is 30.0 Å². The molecule has 0 aliphatic rings. The zero-order valence-electron chi connectivity index (χ0n) is 23.1. The first-order chi connectivity index (χ1) is 20.7.